The topological polar surface area (TPSA) is 115 Å². The van der Waals surface area contributed by atoms with Gasteiger partial charge in [-0.3, -0.25) is 18.9 Å². The molecule has 0 radical (unpaired) electrons. The van der Waals surface area contributed by atoms with Gasteiger partial charge >= 0.3 is 5.97 Å². The second-order valence-electron chi connectivity index (χ2n) is 10.4. The van der Waals surface area contributed by atoms with Crippen molar-refractivity contribution < 1.29 is 36.6 Å². The Morgan fingerprint density at radius 2 is 1.75 bits per heavy atom. The molecule has 44 heavy (non-hydrogen) atoms. The number of anilines is 1. The van der Waals surface area contributed by atoms with E-state index in [4.69, 9.17) is 14.2 Å². The Morgan fingerprint density at radius 1 is 1.07 bits per heavy atom. The molecule has 0 atom stereocenters. The Morgan fingerprint density at radius 3 is 2.39 bits per heavy atom. The van der Waals surface area contributed by atoms with Crippen LogP contribution in [-0.2, 0) is 39.1 Å². The third-order valence-corrected chi connectivity index (χ3v) is 8.56. The van der Waals surface area contributed by atoms with E-state index < -0.39 is 21.9 Å². The summed E-state index contributed by atoms with van der Waals surface area (Å²) in [7, 11) is -0.818. The maximum Gasteiger partial charge on any atom is 0.325 e. The number of amides is 1. The molecule has 0 saturated carbocycles. The number of hydrogen-bond acceptors (Lipinski definition) is 8. The van der Waals surface area contributed by atoms with Crippen molar-refractivity contribution in [2.45, 2.75) is 26.5 Å². The fraction of sp³-hybridized carbons (Fsp3) is 0.281. The molecule has 1 aliphatic heterocycles. The van der Waals surface area contributed by atoms with Crippen LogP contribution in [0.5, 0.6) is 11.5 Å². The highest BCUT2D eigenvalue weighted by Gasteiger charge is 2.39. The molecule has 0 bridgehead atoms. The summed E-state index contributed by atoms with van der Waals surface area (Å²) < 4.78 is 57.1. The Bertz CT molecular complexity index is 1830. The number of esters is 1. The number of carbonyl (C=O) groups is 2. The molecular formula is C32H32FN3O7S. The lowest BCUT2D eigenvalue weighted by Crippen LogP contribution is -2.31. The van der Waals surface area contributed by atoms with Crippen molar-refractivity contribution in [3.05, 3.63) is 94.4 Å². The fourth-order valence-electron chi connectivity index (χ4n) is 5.17. The Labute approximate surface area is 255 Å². The zero-order valence-electron chi connectivity index (χ0n) is 24.8. The molecule has 3 aromatic carbocycles. The summed E-state index contributed by atoms with van der Waals surface area (Å²) >= 11 is 0. The molecule has 1 aromatic heterocycles. The third-order valence-electron chi connectivity index (χ3n) is 7.38. The molecule has 0 unspecified atom stereocenters. The molecule has 5 rings (SSSR count). The molecule has 230 valence electrons. The molecule has 2 heterocycles. The average Bonchev–Trinajstić information content (AvgIpc) is 3.30. The predicted molar refractivity (Wildman–Crippen MR) is 163 cm³/mol. The van der Waals surface area contributed by atoms with Crippen LogP contribution in [0.15, 0.2) is 60.8 Å². The second-order valence-corrected chi connectivity index (χ2v) is 12.4. The minimum Gasteiger partial charge on any atom is -0.497 e. The summed E-state index contributed by atoms with van der Waals surface area (Å²) in [6, 6.07) is 15.1. The number of nitrogens with zero attached hydrogens (tertiary/aromatic N) is 3. The highest BCUT2D eigenvalue weighted by Crippen LogP contribution is 2.45. The van der Waals surface area contributed by atoms with Gasteiger partial charge in [0.05, 0.1) is 31.2 Å². The first-order valence-electron chi connectivity index (χ1n) is 13.9. The summed E-state index contributed by atoms with van der Waals surface area (Å²) in [5.74, 6) is -0.583. The van der Waals surface area contributed by atoms with Crippen LogP contribution in [0.1, 0.15) is 39.5 Å². The highest BCUT2D eigenvalue weighted by molar-refractivity contribution is 7.92. The number of aromatic nitrogens is 1. The monoisotopic (exact) mass is 621 g/mol. The first kappa shape index (κ1) is 30.7. The van der Waals surface area contributed by atoms with Crippen LogP contribution in [0.3, 0.4) is 0 Å². The highest BCUT2D eigenvalue weighted by atomic mass is 32.2. The summed E-state index contributed by atoms with van der Waals surface area (Å²) in [5, 5.41) is 0.451. The van der Waals surface area contributed by atoms with E-state index in [1.165, 1.54) is 24.1 Å². The molecule has 4 aromatic rings. The van der Waals surface area contributed by atoms with E-state index in [1.807, 2.05) is 18.2 Å². The van der Waals surface area contributed by atoms with Crippen LogP contribution in [0.4, 0.5) is 10.1 Å². The molecule has 1 aliphatic rings. The molecule has 0 spiro atoms. The molecule has 0 fully saturated rings. The van der Waals surface area contributed by atoms with E-state index in [0.29, 0.717) is 23.1 Å². The van der Waals surface area contributed by atoms with Crippen LogP contribution >= 0.6 is 0 Å². The van der Waals surface area contributed by atoms with E-state index in [9.17, 15) is 22.4 Å². The number of benzene rings is 3. The standard InChI is InChI=1S/C32H32FN3O7S/c1-5-42-27(37)18-36-17-26-28(32(36)38)31(43-19-21-8-12-24(41-3)13-9-21)29-25(30(26)35(2)44(4,39)40)15-22(16-34-29)14-20-6-10-23(33)11-7-20/h6-13,15-16H,5,14,17-19H2,1-4H3. The van der Waals surface area contributed by atoms with Crippen LogP contribution < -0.4 is 13.8 Å². The van der Waals surface area contributed by atoms with E-state index in [-0.39, 0.29) is 54.6 Å². The van der Waals surface area contributed by atoms with Crippen molar-refractivity contribution in [1.29, 1.82) is 0 Å². The quantitative estimate of drug-likeness (QED) is 0.226. The van der Waals surface area contributed by atoms with Gasteiger partial charge in [0.15, 0.2) is 5.75 Å². The number of methoxy groups -OCH3 is 1. The summed E-state index contributed by atoms with van der Waals surface area (Å²) in [5.41, 5.74) is 3.45. The van der Waals surface area contributed by atoms with Crippen molar-refractivity contribution >= 4 is 38.5 Å². The van der Waals surface area contributed by atoms with Crippen LogP contribution in [0.2, 0.25) is 0 Å². The number of sulfonamides is 1. The Balaban J connectivity index is 1.68. The van der Waals surface area contributed by atoms with Gasteiger partial charge in [-0.25, -0.2) is 12.8 Å². The zero-order valence-corrected chi connectivity index (χ0v) is 25.6. The van der Waals surface area contributed by atoms with Gasteiger partial charge in [-0.15, -0.1) is 0 Å². The van der Waals surface area contributed by atoms with E-state index in [2.05, 4.69) is 4.98 Å². The SMILES string of the molecule is CCOC(=O)CN1Cc2c(c(OCc3ccc(OC)cc3)c3ncc(Cc4ccc(F)cc4)cc3c2N(C)S(C)(=O)=O)C1=O. The number of carbonyl (C=O) groups excluding carboxylic acids is 2. The van der Waals surface area contributed by atoms with Gasteiger partial charge in [-0.1, -0.05) is 24.3 Å². The predicted octanol–water partition coefficient (Wildman–Crippen LogP) is 4.47. The first-order valence-corrected chi connectivity index (χ1v) is 15.7. The van der Waals surface area contributed by atoms with Gasteiger partial charge in [0, 0.05) is 30.7 Å². The van der Waals surface area contributed by atoms with Gasteiger partial charge in [0.2, 0.25) is 10.0 Å². The minimum atomic E-state index is -3.80. The van der Waals surface area contributed by atoms with Gasteiger partial charge < -0.3 is 19.1 Å². The van der Waals surface area contributed by atoms with Gasteiger partial charge in [-0.05, 0) is 60.4 Å². The van der Waals surface area contributed by atoms with Crippen LogP contribution in [0.25, 0.3) is 10.9 Å². The van der Waals surface area contributed by atoms with Crippen molar-refractivity contribution in [2.75, 3.05) is 37.9 Å². The molecule has 0 N–H and O–H groups in total. The maximum atomic E-state index is 13.9. The number of rotatable bonds is 11. The molecule has 1 amide bonds. The van der Waals surface area contributed by atoms with E-state index in [1.54, 1.807) is 44.5 Å². The number of hydrogen-bond donors (Lipinski definition) is 0. The lowest BCUT2D eigenvalue weighted by Gasteiger charge is -2.24. The summed E-state index contributed by atoms with van der Waals surface area (Å²) in [4.78, 5) is 32.2. The average molecular weight is 622 g/mol. The van der Waals surface area contributed by atoms with Gasteiger partial charge in [0.1, 0.15) is 30.2 Å². The number of ether oxygens (including phenoxy) is 3. The van der Waals surface area contributed by atoms with Crippen molar-refractivity contribution in [2.24, 2.45) is 0 Å². The smallest absolute Gasteiger partial charge is 0.325 e. The summed E-state index contributed by atoms with van der Waals surface area (Å²) in [6.45, 7) is 1.54. The molecule has 10 nitrogen and oxygen atoms in total. The Kier molecular flexibility index (Phi) is 8.73. The fourth-order valence-corrected chi connectivity index (χ4v) is 5.72. The molecule has 0 aliphatic carbocycles. The van der Waals surface area contributed by atoms with Crippen molar-refractivity contribution in [3.63, 3.8) is 0 Å². The number of pyridine rings is 1. The minimum absolute atomic E-state index is 0.0425. The second kappa shape index (κ2) is 12.5. The molecular weight excluding hydrogens is 589 g/mol. The van der Waals surface area contributed by atoms with Crippen molar-refractivity contribution in [3.8, 4) is 11.5 Å². The maximum absolute atomic E-state index is 13.9. The lowest BCUT2D eigenvalue weighted by molar-refractivity contribution is -0.143. The van der Waals surface area contributed by atoms with Crippen LogP contribution in [-0.4, -0.2) is 63.7 Å². The number of fused-ring (bicyclic) bond motifs is 2. The number of halogens is 1. The molecule has 0 saturated heterocycles. The van der Waals surface area contributed by atoms with Gasteiger partial charge in [-0.2, -0.15) is 0 Å². The van der Waals surface area contributed by atoms with E-state index >= 15 is 0 Å². The first-order chi connectivity index (χ1) is 21.0. The zero-order chi connectivity index (χ0) is 31.6. The van der Waals surface area contributed by atoms with E-state index in [0.717, 1.165) is 27.3 Å². The van der Waals surface area contributed by atoms with Crippen molar-refractivity contribution in [1.82, 2.24) is 9.88 Å². The van der Waals surface area contributed by atoms with Crippen LogP contribution in [0, 0.1) is 5.82 Å². The lowest BCUT2D eigenvalue weighted by atomic mass is 9.98. The normalized spacial score (nSPS) is 12.8. The molecule has 12 heteroatoms. The van der Waals surface area contributed by atoms with Gasteiger partial charge in [0.25, 0.3) is 5.91 Å². The summed E-state index contributed by atoms with van der Waals surface area (Å²) in [6.07, 6.45) is 3.10. The Hall–Kier alpha value is -4.71. The third kappa shape index (κ3) is 6.30. The largest absolute Gasteiger partial charge is 0.497 e.